The van der Waals surface area contributed by atoms with Crippen LogP contribution in [-0.4, -0.2) is 63.5 Å². The molecule has 0 aliphatic rings. The van der Waals surface area contributed by atoms with Gasteiger partial charge in [-0.3, -0.25) is 4.79 Å². The predicted molar refractivity (Wildman–Crippen MR) is 140 cm³/mol. The monoisotopic (exact) mass is 537 g/mol. The van der Waals surface area contributed by atoms with Crippen LogP contribution in [0, 0.1) is 5.82 Å². The zero-order valence-corrected chi connectivity index (χ0v) is 21.5. The Kier molecular flexibility index (Phi) is 9.92. The van der Waals surface area contributed by atoms with Crippen molar-refractivity contribution < 1.29 is 19.1 Å². The minimum atomic E-state index is -1.19. The summed E-state index contributed by atoms with van der Waals surface area (Å²) in [6.07, 6.45) is 0.729. The third kappa shape index (κ3) is 7.09. The molecule has 0 saturated heterocycles. The largest absolute Gasteiger partial charge is 0.480 e. The third-order valence-corrected chi connectivity index (χ3v) is 6.35. The van der Waals surface area contributed by atoms with Gasteiger partial charge in [0.05, 0.1) is 17.1 Å². The molecule has 2 aromatic carbocycles. The fourth-order valence-corrected chi connectivity index (χ4v) is 4.39. The molecular formula is C25H30Cl2FN5O3. The maximum absolute atomic E-state index is 13.1. The number of halogens is 3. The number of aromatic nitrogens is 2. The quantitative estimate of drug-likeness (QED) is 0.289. The molecule has 0 bridgehead atoms. The van der Waals surface area contributed by atoms with Crippen LogP contribution in [-0.2, 0) is 29.5 Å². The molecule has 2 unspecified atom stereocenters. The highest BCUT2D eigenvalue weighted by molar-refractivity contribution is 6.18. The number of fused-ring (bicyclic) bond motifs is 1. The van der Waals surface area contributed by atoms with Crippen molar-refractivity contribution in [1.82, 2.24) is 14.9 Å². The smallest absolute Gasteiger partial charge is 0.326 e. The van der Waals surface area contributed by atoms with Gasteiger partial charge in [-0.1, -0.05) is 12.1 Å². The van der Waals surface area contributed by atoms with E-state index in [2.05, 4.69) is 10.2 Å². The number of carboxylic acid groups (broad SMARTS) is 1. The van der Waals surface area contributed by atoms with Gasteiger partial charge in [0.25, 0.3) is 0 Å². The second kappa shape index (κ2) is 12.9. The highest BCUT2D eigenvalue weighted by Crippen LogP contribution is 2.23. The summed E-state index contributed by atoms with van der Waals surface area (Å²) in [7, 11) is 1.90. The van der Waals surface area contributed by atoms with Gasteiger partial charge in [-0.05, 0) is 42.3 Å². The van der Waals surface area contributed by atoms with Crippen LogP contribution in [0.5, 0.6) is 0 Å². The fourth-order valence-electron chi connectivity index (χ4n) is 3.98. The molecule has 0 radical (unpaired) electrons. The van der Waals surface area contributed by atoms with E-state index in [1.54, 1.807) is 0 Å². The molecule has 3 rings (SSSR count). The molecule has 8 nitrogen and oxygen atoms in total. The molecule has 194 valence electrons. The number of benzene rings is 2. The van der Waals surface area contributed by atoms with E-state index >= 15 is 0 Å². The first kappa shape index (κ1) is 27.7. The zero-order valence-electron chi connectivity index (χ0n) is 20.0. The number of rotatable bonds is 13. The lowest BCUT2D eigenvalue weighted by molar-refractivity contribution is -0.142. The number of anilines is 1. The number of amides is 1. The minimum absolute atomic E-state index is 0.0195. The van der Waals surface area contributed by atoms with E-state index in [0.717, 1.165) is 22.5 Å². The first-order valence-electron chi connectivity index (χ1n) is 11.6. The van der Waals surface area contributed by atoms with E-state index in [9.17, 15) is 19.1 Å². The summed E-state index contributed by atoms with van der Waals surface area (Å²) in [6, 6.07) is 9.33. The molecular weight excluding hydrogens is 508 g/mol. The summed E-state index contributed by atoms with van der Waals surface area (Å²) in [4.78, 5) is 31.1. The molecule has 0 fully saturated rings. The number of aryl methyl sites for hydroxylation is 2. The van der Waals surface area contributed by atoms with Gasteiger partial charge in [-0.2, -0.15) is 0 Å². The van der Waals surface area contributed by atoms with Gasteiger partial charge in [0.1, 0.15) is 17.7 Å². The third-order valence-electron chi connectivity index (χ3n) is 6.01. The number of imidazole rings is 1. The van der Waals surface area contributed by atoms with Crippen LogP contribution in [0.4, 0.5) is 10.1 Å². The van der Waals surface area contributed by atoms with E-state index < -0.39 is 29.8 Å². The van der Waals surface area contributed by atoms with E-state index in [1.165, 1.54) is 24.3 Å². The summed E-state index contributed by atoms with van der Waals surface area (Å²) in [5, 5.41) is 12.0. The Morgan fingerprint density at radius 2 is 1.83 bits per heavy atom. The number of nitrogens with one attached hydrogen (secondary N) is 1. The average molecular weight is 538 g/mol. The Labute approximate surface area is 219 Å². The molecule has 0 saturated carbocycles. The maximum Gasteiger partial charge on any atom is 0.326 e. The van der Waals surface area contributed by atoms with Gasteiger partial charge in [-0.15, -0.1) is 23.2 Å². The van der Waals surface area contributed by atoms with Crippen molar-refractivity contribution in [3.05, 3.63) is 59.7 Å². The standard InChI is InChI=1S/C25H30Cl2FN5O3/c1-32-22-8-6-18(33(12-10-26)13-11-27)15-20(22)30-23(32)9-7-19(29)24(34)31-21(25(35)36)14-16-2-4-17(28)5-3-16/h2-6,8,15,19,21H,7,9-14,29H2,1H3,(H,31,34)(H,35,36). The molecule has 11 heteroatoms. The van der Waals surface area contributed by atoms with Crippen molar-refractivity contribution in [3.8, 4) is 0 Å². The molecule has 0 aliphatic heterocycles. The van der Waals surface area contributed by atoms with Crippen LogP contribution >= 0.6 is 23.2 Å². The molecule has 0 aliphatic carbocycles. The van der Waals surface area contributed by atoms with Gasteiger partial charge in [0, 0.05) is 50.4 Å². The Morgan fingerprint density at radius 1 is 1.17 bits per heavy atom. The molecule has 3 aromatic rings. The van der Waals surface area contributed by atoms with Gasteiger partial charge in [0.15, 0.2) is 0 Å². The van der Waals surface area contributed by atoms with Crippen LogP contribution in [0.1, 0.15) is 17.8 Å². The highest BCUT2D eigenvalue weighted by atomic mass is 35.5. The summed E-state index contributed by atoms with van der Waals surface area (Å²) in [5.74, 6) is -0.457. The number of carbonyl (C=O) groups excluding carboxylic acids is 1. The second-order valence-corrected chi connectivity index (χ2v) is 9.26. The lowest BCUT2D eigenvalue weighted by Gasteiger charge is -2.22. The number of nitrogens with two attached hydrogens (primary N) is 1. The Morgan fingerprint density at radius 3 is 2.44 bits per heavy atom. The Hall–Kier alpha value is -2.88. The molecule has 1 amide bonds. The lowest BCUT2D eigenvalue weighted by atomic mass is 10.0. The van der Waals surface area contributed by atoms with Gasteiger partial charge >= 0.3 is 5.97 Å². The number of carboxylic acids is 1. The second-order valence-electron chi connectivity index (χ2n) is 8.50. The average Bonchev–Trinajstić information content (AvgIpc) is 3.17. The van der Waals surface area contributed by atoms with Crippen molar-refractivity contribution >= 4 is 51.8 Å². The highest BCUT2D eigenvalue weighted by Gasteiger charge is 2.24. The van der Waals surface area contributed by atoms with Crippen LogP contribution < -0.4 is 16.0 Å². The number of nitrogens with zero attached hydrogens (tertiary/aromatic N) is 3. The lowest BCUT2D eigenvalue weighted by Crippen LogP contribution is -2.49. The summed E-state index contributed by atoms with van der Waals surface area (Å²) < 4.78 is 15.1. The first-order chi connectivity index (χ1) is 17.2. The van der Waals surface area contributed by atoms with Crippen LogP contribution in [0.25, 0.3) is 11.0 Å². The summed E-state index contributed by atoms with van der Waals surface area (Å²) >= 11 is 11.9. The van der Waals surface area contributed by atoms with Gasteiger partial charge in [-0.25, -0.2) is 14.2 Å². The number of hydrogen-bond donors (Lipinski definition) is 3. The van der Waals surface area contributed by atoms with Crippen molar-refractivity contribution in [2.45, 2.75) is 31.3 Å². The van der Waals surface area contributed by atoms with Crippen LogP contribution in [0.2, 0.25) is 0 Å². The maximum atomic E-state index is 13.1. The topological polar surface area (TPSA) is 113 Å². The summed E-state index contributed by atoms with van der Waals surface area (Å²) in [5.41, 5.74) is 9.39. The van der Waals surface area contributed by atoms with E-state index in [4.69, 9.17) is 33.9 Å². The number of carbonyl (C=O) groups is 2. The fraction of sp³-hybridized carbons (Fsp3) is 0.400. The SMILES string of the molecule is Cn1c(CCC(N)C(=O)NC(Cc2ccc(F)cc2)C(=O)O)nc2cc(N(CCCl)CCCl)ccc21. The molecule has 0 spiro atoms. The molecule has 2 atom stereocenters. The van der Waals surface area contributed by atoms with Crippen LogP contribution in [0.15, 0.2) is 42.5 Å². The van der Waals surface area contributed by atoms with Crippen molar-refractivity contribution in [2.75, 3.05) is 29.7 Å². The molecule has 4 N–H and O–H groups in total. The molecule has 36 heavy (non-hydrogen) atoms. The van der Waals surface area contributed by atoms with E-state index in [0.29, 0.717) is 36.8 Å². The van der Waals surface area contributed by atoms with Gasteiger partial charge < -0.3 is 25.6 Å². The Balaban J connectivity index is 1.64. The van der Waals surface area contributed by atoms with Crippen LogP contribution in [0.3, 0.4) is 0 Å². The van der Waals surface area contributed by atoms with Crippen molar-refractivity contribution in [1.29, 1.82) is 0 Å². The first-order valence-corrected chi connectivity index (χ1v) is 12.7. The van der Waals surface area contributed by atoms with Crippen molar-refractivity contribution in [2.24, 2.45) is 12.8 Å². The van der Waals surface area contributed by atoms with Gasteiger partial charge in [0.2, 0.25) is 5.91 Å². The molecule has 1 aromatic heterocycles. The zero-order chi connectivity index (χ0) is 26.2. The summed E-state index contributed by atoms with van der Waals surface area (Å²) in [6.45, 7) is 1.34. The molecule has 1 heterocycles. The van der Waals surface area contributed by atoms with Crippen molar-refractivity contribution in [3.63, 3.8) is 0 Å². The number of aliphatic carboxylic acids is 1. The minimum Gasteiger partial charge on any atom is -0.480 e. The Bertz CT molecular complexity index is 1180. The normalized spacial score (nSPS) is 12.9. The van der Waals surface area contributed by atoms with E-state index in [1.807, 2.05) is 29.8 Å². The number of alkyl halides is 2. The predicted octanol–water partition coefficient (Wildman–Crippen LogP) is 3.07. The van der Waals surface area contributed by atoms with E-state index in [-0.39, 0.29) is 12.8 Å². The number of hydrogen-bond acceptors (Lipinski definition) is 5.